The molecule has 1 N–H and O–H groups in total. The zero-order valence-corrected chi connectivity index (χ0v) is 12.0. The Hall–Kier alpha value is -1.03. The first-order chi connectivity index (χ1) is 8.26. The van der Waals surface area contributed by atoms with E-state index in [9.17, 15) is 13.2 Å². The van der Waals surface area contributed by atoms with Crippen LogP contribution < -0.4 is 0 Å². The Kier molecular flexibility index (Phi) is 4.79. The summed E-state index contributed by atoms with van der Waals surface area (Å²) < 4.78 is 25.2. The van der Waals surface area contributed by atoms with Crippen molar-refractivity contribution in [2.24, 2.45) is 0 Å². The first kappa shape index (κ1) is 15.0. The SMILES string of the molecule is CN(C)CCN(C)S(=O)(=O)c1scnc1C(=O)O. The number of aromatic nitrogens is 1. The van der Waals surface area contributed by atoms with Crippen LogP contribution in [0.4, 0.5) is 0 Å². The standard InChI is InChI=1S/C9H15N3O4S2/c1-11(2)4-5-12(3)18(15,16)9-7(8(13)14)10-6-17-9/h6H,4-5H2,1-3H3,(H,13,14). The van der Waals surface area contributed by atoms with Gasteiger partial charge in [0, 0.05) is 20.1 Å². The van der Waals surface area contributed by atoms with Gasteiger partial charge in [0.15, 0.2) is 9.90 Å². The van der Waals surface area contributed by atoms with E-state index in [1.165, 1.54) is 12.6 Å². The average Bonchev–Trinajstić information content (AvgIpc) is 2.74. The molecular weight excluding hydrogens is 278 g/mol. The molecule has 1 aromatic heterocycles. The van der Waals surface area contributed by atoms with Gasteiger partial charge in [-0.05, 0) is 14.1 Å². The van der Waals surface area contributed by atoms with Crippen molar-refractivity contribution in [1.82, 2.24) is 14.2 Å². The fraction of sp³-hybridized carbons (Fsp3) is 0.556. The van der Waals surface area contributed by atoms with Gasteiger partial charge in [-0.3, -0.25) is 0 Å². The molecule has 7 nitrogen and oxygen atoms in total. The molecule has 0 aliphatic carbocycles. The van der Waals surface area contributed by atoms with Gasteiger partial charge in [-0.25, -0.2) is 18.2 Å². The fourth-order valence-corrected chi connectivity index (χ4v) is 3.66. The number of likely N-dealkylation sites (N-methyl/N-ethyl adjacent to an activating group) is 2. The van der Waals surface area contributed by atoms with Gasteiger partial charge in [0.2, 0.25) is 0 Å². The maximum absolute atomic E-state index is 12.1. The lowest BCUT2D eigenvalue weighted by Gasteiger charge is -2.18. The molecule has 0 aliphatic heterocycles. The van der Waals surface area contributed by atoms with Crippen LogP contribution in [0.3, 0.4) is 0 Å². The third kappa shape index (κ3) is 3.25. The average molecular weight is 293 g/mol. The Morgan fingerprint density at radius 1 is 1.39 bits per heavy atom. The molecule has 0 atom stereocenters. The van der Waals surface area contributed by atoms with Crippen LogP contribution in [0.5, 0.6) is 0 Å². The van der Waals surface area contributed by atoms with E-state index in [2.05, 4.69) is 4.98 Å². The summed E-state index contributed by atoms with van der Waals surface area (Å²) >= 11 is 0.812. The molecule has 0 unspecified atom stereocenters. The molecule has 0 bridgehead atoms. The molecule has 9 heteroatoms. The van der Waals surface area contributed by atoms with E-state index in [1.807, 2.05) is 19.0 Å². The zero-order valence-electron chi connectivity index (χ0n) is 10.3. The highest BCUT2D eigenvalue weighted by molar-refractivity contribution is 7.91. The van der Waals surface area contributed by atoms with E-state index in [1.54, 1.807) is 0 Å². The third-order valence-electron chi connectivity index (χ3n) is 2.24. The lowest BCUT2D eigenvalue weighted by Crippen LogP contribution is -2.33. The van der Waals surface area contributed by atoms with Gasteiger partial charge in [0.05, 0.1) is 5.51 Å². The first-order valence-electron chi connectivity index (χ1n) is 5.04. The summed E-state index contributed by atoms with van der Waals surface area (Å²) in [5.74, 6) is -1.34. The highest BCUT2D eigenvalue weighted by Crippen LogP contribution is 2.23. The van der Waals surface area contributed by atoms with Crippen LogP contribution in [0.2, 0.25) is 0 Å². The number of hydrogen-bond acceptors (Lipinski definition) is 6. The van der Waals surface area contributed by atoms with Crippen molar-refractivity contribution in [3.63, 3.8) is 0 Å². The Balaban J connectivity index is 2.99. The van der Waals surface area contributed by atoms with Crippen molar-refractivity contribution in [1.29, 1.82) is 0 Å². The van der Waals surface area contributed by atoms with Crippen molar-refractivity contribution < 1.29 is 18.3 Å². The number of rotatable bonds is 6. The van der Waals surface area contributed by atoms with E-state index in [0.717, 1.165) is 15.6 Å². The number of hydrogen-bond donors (Lipinski definition) is 1. The zero-order chi connectivity index (χ0) is 13.9. The molecule has 0 amide bonds. The lowest BCUT2D eigenvalue weighted by atomic mass is 10.5. The minimum absolute atomic E-state index is 0.226. The van der Waals surface area contributed by atoms with Crippen LogP contribution in [0.15, 0.2) is 9.72 Å². The highest BCUT2D eigenvalue weighted by atomic mass is 32.2. The molecule has 0 fully saturated rings. The number of carbonyl (C=O) groups is 1. The van der Waals surface area contributed by atoms with Crippen molar-refractivity contribution in [2.75, 3.05) is 34.2 Å². The molecule has 0 aliphatic rings. The molecule has 1 rings (SSSR count). The summed E-state index contributed by atoms with van der Waals surface area (Å²) in [7, 11) is 1.29. The van der Waals surface area contributed by atoms with E-state index in [0.29, 0.717) is 6.54 Å². The van der Waals surface area contributed by atoms with E-state index >= 15 is 0 Å². The number of carboxylic acids is 1. The predicted molar refractivity (Wildman–Crippen MR) is 67.4 cm³/mol. The summed E-state index contributed by atoms with van der Waals surface area (Å²) in [5.41, 5.74) is 0.799. The van der Waals surface area contributed by atoms with Gasteiger partial charge in [0.1, 0.15) is 0 Å². The molecule has 0 aromatic carbocycles. The molecular formula is C9H15N3O4S2. The van der Waals surface area contributed by atoms with Gasteiger partial charge >= 0.3 is 5.97 Å². The molecule has 1 heterocycles. The molecule has 0 spiro atoms. The highest BCUT2D eigenvalue weighted by Gasteiger charge is 2.29. The van der Waals surface area contributed by atoms with E-state index in [4.69, 9.17) is 5.11 Å². The first-order valence-corrected chi connectivity index (χ1v) is 7.36. The normalized spacial score (nSPS) is 12.3. The van der Waals surface area contributed by atoms with Gasteiger partial charge in [-0.1, -0.05) is 0 Å². The van der Waals surface area contributed by atoms with Crippen LogP contribution in [-0.4, -0.2) is 67.9 Å². The molecule has 102 valence electrons. The number of thiazole rings is 1. The van der Waals surface area contributed by atoms with Crippen LogP contribution in [0, 0.1) is 0 Å². The van der Waals surface area contributed by atoms with Crippen LogP contribution in [0.1, 0.15) is 10.5 Å². The number of aromatic carboxylic acids is 1. The predicted octanol–water partition coefficient (Wildman–Crippen LogP) is 0.0234. The van der Waals surface area contributed by atoms with Crippen molar-refractivity contribution in [3.05, 3.63) is 11.2 Å². The van der Waals surface area contributed by atoms with Gasteiger partial charge in [-0.2, -0.15) is 4.31 Å². The monoisotopic (exact) mass is 293 g/mol. The smallest absolute Gasteiger partial charge is 0.356 e. The summed E-state index contributed by atoms with van der Waals surface area (Å²) in [6, 6.07) is 0. The number of sulfonamides is 1. The van der Waals surface area contributed by atoms with Gasteiger partial charge in [0.25, 0.3) is 10.0 Å². The molecule has 0 saturated carbocycles. The summed E-state index contributed by atoms with van der Waals surface area (Å²) in [4.78, 5) is 16.3. The van der Waals surface area contributed by atoms with Crippen LogP contribution >= 0.6 is 11.3 Å². The Bertz CT molecular complexity index is 524. The van der Waals surface area contributed by atoms with Crippen molar-refractivity contribution >= 4 is 27.3 Å². The topological polar surface area (TPSA) is 90.8 Å². The molecule has 0 radical (unpaired) electrons. The fourth-order valence-electron chi connectivity index (χ4n) is 1.16. The Labute approximate surface area is 110 Å². The van der Waals surface area contributed by atoms with Crippen LogP contribution in [-0.2, 0) is 10.0 Å². The number of nitrogens with zero attached hydrogens (tertiary/aromatic N) is 3. The lowest BCUT2D eigenvalue weighted by molar-refractivity contribution is 0.0687. The van der Waals surface area contributed by atoms with Gasteiger partial charge < -0.3 is 10.0 Å². The second-order valence-electron chi connectivity index (χ2n) is 3.92. The second-order valence-corrected chi connectivity index (χ2v) is 7.02. The minimum atomic E-state index is -3.79. The molecule has 0 saturated heterocycles. The maximum atomic E-state index is 12.1. The van der Waals surface area contributed by atoms with Gasteiger partial charge in [-0.15, -0.1) is 11.3 Å². The second kappa shape index (κ2) is 5.74. The summed E-state index contributed by atoms with van der Waals surface area (Å²) in [5, 5.41) is 8.87. The molecule has 1 aromatic rings. The van der Waals surface area contributed by atoms with Crippen molar-refractivity contribution in [3.8, 4) is 0 Å². The van der Waals surface area contributed by atoms with Crippen LogP contribution in [0.25, 0.3) is 0 Å². The van der Waals surface area contributed by atoms with Crippen molar-refractivity contribution in [2.45, 2.75) is 4.21 Å². The quantitative estimate of drug-likeness (QED) is 0.795. The Morgan fingerprint density at radius 3 is 2.50 bits per heavy atom. The molecule has 18 heavy (non-hydrogen) atoms. The third-order valence-corrected chi connectivity index (χ3v) is 5.45. The Morgan fingerprint density at radius 2 is 2.00 bits per heavy atom. The largest absolute Gasteiger partial charge is 0.476 e. The van der Waals surface area contributed by atoms with E-state index < -0.39 is 21.7 Å². The minimum Gasteiger partial charge on any atom is -0.476 e. The summed E-state index contributed by atoms with van der Waals surface area (Å²) in [6.07, 6.45) is 0. The maximum Gasteiger partial charge on any atom is 0.356 e. The summed E-state index contributed by atoms with van der Waals surface area (Å²) in [6.45, 7) is 0.837. The van der Waals surface area contributed by atoms with E-state index in [-0.39, 0.29) is 10.8 Å². The number of carboxylic acid groups (broad SMARTS) is 1.